The second kappa shape index (κ2) is 9.60. The van der Waals surface area contributed by atoms with Crippen LogP contribution >= 0.6 is 0 Å². The number of anilines is 1. The average Bonchev–Trinajstić information content (AvgIpc) is 3.27. The number of aromatic nitrogens is 2. The minimum Gasteiger partial charge on any atom is -0.506 e. The zero-order chi connectivity index (χ0) is 23.3. The number of benzene rings is 2. The number of ether oxygens (including phenoxy) is 3. The van der Waals surface area contributed by atoms with Crippen LogP contribution in [0.2, 0.25) is 0 Å². The molecule has 170 valence electrons. The minimum atomic E-state index is -3.50. The fourth-order valence-electron chi connectivity index (χ4n) is 2.81. The molecule has 0 unspecified atom stereocenters. The van der Waals surface area contributed by atoms with Crippen LogP contribution in [0.5, 0.6) is 23.0 Å². The Morgan fingerprint density at radius 3 is 2.44 bits per heavy atom. The Morgan fingerprint density at radius 2 is 1.81 bits per heavy atom. The quantitative estimate of drug-likeness (QED) is 0.466. The number of aromatic hydroxyl groups is 1. The molecule has 1 amide bonds. The normalized spacial score (nSPS) is 11.1. The monoisotopic (exact) mass is 461 g/mol. The first kappa shape index (κ1) is 22.9. The smallest absolute Gasteiger partial charge is 0.276 e. The number of hydrogen-bond donors (Lipinski definition) is 2. The molecule has 0 spiro atoms. The predicted molar refractivity (Wildman–Crippen MR) is 116 cm³/mol. The summed E-state index contributed by atoms with van der Waals surface area (Å²) in [5.74, 6) is 0.350. The van der Waals surface area contributed by atoms with Crippen LogP contribution < -0.4 is 19.5 Å². The molecule has 2 N–H and O–H groups in total. The fraction of sp³-hybridized carbons (Fsp3) is 0.238. The number of methoxy groups -OCH3 is 2. The maximum atomic E-state index is 12.6. The minimum absolute atomic E-state index is 0.00205. The lowest BCUT2D eigenvalue weighted by atomic mass is 10.3. The number of nitrogens with one attached hydrogen (secondary N) is 1. The zero-order valence-electron chi connectivity index (χ0n) is 17.7. The summed E-state index contributed by atoms with van der Waals surface area (Å²) in [4.78, 5) is 12.6. The Hall–Kier alpha value is -3.73. The van der Waals surface area contributed by atoms with Crippen molar-refractivity contribution in [1.82, 2.24) is 9.78 Å². The summed E-state index contributed by atoms with van der Waals surface area (Å²) in [6.07, 6.45) is 1.54. The third kappa shape index (κ3) is 4.94. The molecule has 0 saturated carbocycles. The summed E-state index contributed by atoms with van der Waals surface area (Å²) in [6.45, 7) is 1.48. The van der Waals surface area contributed by atoms with E-state index in [0.29, 0.717) is 17.2 Å². The van der Waals surface area contributed by atoms with Crippen molar-refractivity contribution in [2.45, 2.75) is 18.6 Å². The summed E-state index contributed by atoms with van der Waals surface area (Å²) < 4.78 is 41.8. The molecule has 1 heterocycles. The summed E-state index contributed by atoms with van der Waals surface area (Å²) in [7, 11) is -0.482. The molecular weight excluding hydrogens is 438 g/mol. The highest BCUT2D eigenvalue weighted by molar-refractivity contribution is 7.91. The summed E-state index contributed by atoms with van der Waals surface area (Å²) in [5.41, 5.74) is 0.0119. The lowest BCUT2D eigenvalue weighted by Crippen LogP contribution is -2.15. The number of carbonyl (C=O) groups is 1. The Bertz CT molecular complexity index is 1200. The Labute approximate surface area is 185 Å². The average molecular weight is 461 g/mol. The third-order valence-electron chi connectivity index (χ3n) is 4.55. The largest absolute Gasteiger partial charge is 0.506 e. The molecule has 32 heavy (non-hydrogen) atoms. The molecule has 0 radical (unpaired) electrons. The molecule has 0 fully saturated rings. The van der Waals surface area contributed by atoms with Crippen molar-refractivity contribution in [3.8, 4) is 23.0 Å². The molecule has 11 heteroatoms. The molecule has 0 atom stereocenters. The molecule has 10 nitrogen and oxygen atoms in total. The van der Waals surface area contributed by atoms with E-state index in [1.807, 2.05) is 0 Å². The highest BCUT2D eigenvalue weighted by Gasteiger charge is 2.17. The number of para-hydroxylation sites is 1. The first-order valence-electron chi connectivity index (χ1n) is 9.53. The van der Waals surface area contributed by atoms with Gasteiger partial charge in [-0.1, -0.05) is 13.0 Å². The molecule has 0 aliphatic carbocycles. The highest BCUT2D eigenvalue weighted by Crippen LogP contribution is 2.36. The van der Waals surface area contributed by atoms with Crippen molar-refractivity contribution in [1.29, 1.82) is 0 Å². The van der Waals surface area contributed by atoms with Gasteiger partial charge in [-0.2, -0.15) is 5.10 Å². The summed E-state index contributed by atoms with van der Waals surface area (Å²) >= 11 is 0. The maximum Gasteiger partial charge on any atom is 0.276 e. The standard InChI is InChI=1S/C21H23N3O7S/c1-4-32(27,28)14-8-9-17(25)16(12-14)22-21(26)15-10-11-24(23-15)13-31-20-18(29-2)6-5-7-19(20)30-3/h5-12,25H,4,13H2,1-3H3,(H,22,26). The van der Waals surface area contributed by atoms with Crippen LogP contribution in [-0.4, -0.2) is 49.2 Å². The number of nitrogens with zero attached hydrogens (tertiary/aromatic N) is 2. The maximum absolute atomic E-state index is 12.6. The summed E-state index contributed by atoms with van der Waals surface area (Å²) in [5, 5.41) is 16.6. The van der Waals surface area contributed by atoms with Gasteiger partial charge in [-0.25, -0.2) is 13.1 Å². The highest BCUT2D eigenvalue weighted by atomic mass is 32.2. The van der Waals surface area contributed by atoms with Gasteiger partial charge >= 0.3 is 0 Å². The van der Waals surface area contributed by atoms with Crippen LogP contribution in [0.3, 0.4) is 0 Å². The number of sulfone groups is 1. The van der Waals surface area contributed by atoms with Gasteiger partial charge in [0.15, 0.2) is 33.8 Å². The van der Waals surface area contributed by atoms with Crippen molar-refractivity contribution >= 4 is 21.4 Å². The molecule has 0 bridgehead atoms. The lowest BCUT2D eigenvalue weighted by Gasteiger charge is -2.13. The van der Waals surface area contributed by atoms with Crippen molar-refractivity contribution in [2.75, 3.05) is 25.3 Å². The van der Waals surface area contributed by atoms with Gasteiger partial charge in [-0.05, 0) is 36.4 Å². The van der Waals surface area contributed by atoms with Gasteiger partial charge in [0, 0.05) is 6.20 Å². The lowest BCUT2D eigenvalue weighted by molar-refractivity contribution is 0.101. The van der Waals surface area contributed by atoms with Gasteiger partial charge in [-0.3, -0.25) is 4.79 Å². The molecule has 3 rings (SSSR count). The zero-order valence-corrected chi connectivity index (χ0v) is 18.5. The number of carbonyl (C=O) groups excluding carboxylic acids is 1. The van der Waals surface area contributed by atoms with E-state index in [4.69, 9.17) is 14.2 Å². The fourth-order valence-corrected chi connectivity index (χ4v) is 3.71. The van der Waals surface area contributed by atoms with Gasteiger partial charge in [0.1, 0.15) is 5.75 Å². The number of phenols is 1. The number of amides is 1. The van der Waals surface area contributed by atoms with Crippen molar-refractivity contribution < 1.29 is 32.5 Å². The van der Waals surface area contributed by atoms with E-state index in [9.17, 15) is 18.3 Å². The number of hydrogen-bond acceptors (Lipinski definition) is 8. The molecule has 1 aromatic heterocycles. The van der Waals surface area contributed by atoms with Gasteiger partial charge < -0.3 is 24.6 Å². The first-order valence-corrected chi connectivity index (χ1v) is 11.2. The van der Waals surface area contributed by atoms with Crippen LogP contribution in [-0.2, 0) is 16.6 Å². The van der Waals surface area contributed by atoms with Crippen LogP contribution in [0.15, 0.2) is 53.6 Å². The van der Waals surface area contributed by atoms with Crippen molar-refractivity contribution in [2.24, 2.45) is 0 Å². The van der Waals surface area contributed by atoms with Gasteiger partial charge in [0.05, 0.1) is 30.6 Å². The van der Waals surface area contributed by atoms with E-state index in [2.05, 4.69) is 10.4 Å². The van der Waals surface area contributed by atoms with Crippen LogP contribution in [0.4, 0.5) is 5.69 Å². The van der Waals surface area contributed by atoms with Gasteiger partial charge in [0.2, 0.25) is 5.75 Å². The summed E-state index contributed by atoms with van der Waals surface area (Å²) in [6, 6.07) is 10.4. The van der Waals surface area contributed by atoms with E-state index < -0.39 is 15.7 Å². The second-order valence-electron chi connectivity index (χ2n) is 6.54. The Morgan fingerprint density at radius 1 is 1.12 bits per heavy atom. The molecule has 2 aromatic carbocycles. The third-order valence-corrected chi connectivity index (χ3v) is 6.28. The predicted octanol–water partition coefficient (Wildman–Crippen LogP) is 2.69. The van der Waals surface area contributed by atoms with Crippen molar-refractivity contribution in [3.63, 3.8) is 0 Å². The topological polar surface area (TPSA) is 129 Å². The number of phenolic OH excluding ortho intramolecular Hbond substituents is 1. The van der Waals surface area contributed by atoms with Crippen LogP contribution in [0.1, 0.15) is 17.4 Å². The molecule has 0 saturated heterocycles. The van der Waals surface area contributed by atoms with E-state index >= 15 is 0 Å². The SMILES string of the molecule is CCS(=O)(=O)c1ccc(O)c(NC(=O)c2ccn(COc3c(OC)cccc3OC)n2)c1. The van der Waals surface area contributed by atoms with E-state index in [1.54, 1.807) is 18.2 Å². The molecule has 3 aromatic rings. The van der Waals surface area contributed by atoms with Gasteiger partial charge in [-0.15, -0.1) is 0 Å². The van der Waals surface area contributed by atoms with E-state index in [-0.39, 0.29) is 34.5 Å². The van der Waals surface area contributed by atoms with E-state index in [0.717, 1.165) is 0 Å². The second-order valence-corrected chi connectivity index (χ2v) is 8.82. The number of rotatable bonds is 9. The van der Waals surface area contributed by atoms with Crippen LogP contribution in [0.25, 0.3) is 0 Å². The van der Waals surface area contributed by atoms with E-state index in [1.165, 1.54) is 56.3 Å². The molecule has 0 aliphatic heterocycles. The van der Waals surface area contributed by atoms with Crippen LogP contribution in [0, 0.1) is 0 Å². The Kier molecular flexibility index (Phi) is 6.89. The molecular formula is C21H23N3O7S. The van der Waals surface area contributed by atoms with Crippen molar-refractivity contribution in [3.05, 3.63) is 54.4 Å². The molecule has 0 aliphatic rings. The Balaban J connectivity index is 1.73. The van der Waals surface area contributed by atoms with Gasteiger partial charge in [0.25, 0.3) is 5.91 Å². The first-order chi connectivity index (χ1) is 15.3.